The summed E-state index contributed by atoms with van der Waals surface area (Å²) >= 11 is 0. The highest BCUT2D eigenvalue weighted by molar-refractivity contribution is 6.48. The Morgan fingerprint density at radius 2 is 1.89 bits per heavy atom. The molecule has 0 unspecified atom stereocenters. The number of aliphatic hydroxyl groups excluding tert-OH is 1. The zero-order valence-electron chi connectivity index (χ0n) is 23.5. The van der Waals surface area contributed by atoms with Gasteiger partial charge in [0.2, 0.25) is 5.91 Å². The van der Waals surface area contributed by atoms with Crippen LogP contribution in [0.5, 0.6) is 5.75 Å². The van der Waals surface area contributed by atoms with E-state index in [1.165, 1.54) is 6.92 Å². The Morgan fingerprint density at radius 3 is 2.47 bits per heavy atom. The van der Waals surface area contributed by atoms with Crippen molar-refractivity contribution < 1.29 is 28.7 Å². The van der Waals surface area contributed by atoms with Crippen LogP contribution >= 0.6 is 0 Å². The van der Waals surface area contributed by atoms with Gasteiger partial charge in [0.1, 0.15) is 11.8 Å². The van der Waals surface area contributed by atoms with Crippen LogP contribution in [0.4, 0.5) is 0 Å². The highest BCUT2D eigenvalue weighted by atomic mass is 16.7. The Morgan fingerprint density at radius 1 is 1.21 bits per heavy atom. The molecule has 1 aliphatic heterocycles. The topological polar surface area (TPSA) is 106 Å². The Balaban J connectivity index is 1.42. The highest BCUT2D eigenvalue weighted by Gasteiger charge is 2.69. The number of amides is 2. The summed E-state index contributed by atoms with van der Waals surface area (Å²) in [6.07, 6.45) is 3.30. The van der Waals surface area contributed by atoms with Crippen LogP contribution in [0.3, 0.4) is 0 Å². The zero-order chi connectivity index (χ0) is 27.8. The van der Waals surface area contributed by atoms with E-state index < -0.39 is 42.6 Å². The summed E-state index contributed by atoms with van der Waals surface area (Å²) in [4.78, 5) is 26.0. The van der Waals surface area contributed by atoms with E-state index in [1.54, 1.807) is 12.1 Å². The summed E-state index contributed by atoms with van der Waals surface area (Å²) in [5.74, 6) is 0.259. The van der Waals surface area contributed by atoms with Crippen molar-refractivity contribution in [3.63, 3.8) is 0 Å². The molecule has 0 radical (unpaired) electrons. The number of nitrogens with one attached hydrogen (secondary N) is 2. The van der Waals surface area contributed by atoms with E-state index in [0.717, 1.165) is 18.4 Å². The summed E-state index contributed by atoms with van der Waals surface area (Å²) in [7, 11) is -0.644. The van der Waals surface area contributed by atoms with Crippen LogP contribution in [0.15, 0.2) is 36.9 Å². The normalized spacial score (nSPS) is 29.5. The number of aliphatic hydroxyl groups is 1. The van der Waals surface area contributed by atoms with Gasteiger partial charge >= 0.3 is 7.12 Å². The summed E-state index contributed by atoms with van der Waals surface area (Å²) in [5.41, 5.74) is 0.661. The van der Waals surface area contributed by atoms with Gasteiger partial charge in [0.15, 0.2) is 6.61 Å². The molecule has 1 aromatic carbocycles. The third kappa shape index (κ3) is 5.51. The fourth-order valence-corrected chi connectivity index (χ4v) is 6.48. The van der Waals surface area contributed by atoms with Crippen LogP contribution in [0.2, 0.25) is 0 Å². The summed E-state index contributed by atoms with van der Waals surface area (Å²) < 4.78 is 18.6. The number of hydrogen-bond donors (Lipinski definition) is 3. The molecule has 8 nitrogen and oxygen atoms in total. The Labute approximate surface area is 227 Å². The van der Waals surface area contributed by atoms with Crippen molar-refractivity contribution in [2.45, 2.75) is 90.6 Å². The molecule has 0 spiro atoms. The summed E-state index contributed by atoms with van der Waals surface area (Å²) in [5, 5.41) is 16.0. The fourth-order valence-electron chi connectivity index (χ4n) is 6.48. The number of carbonyl (C=O) groups excluding carboxylic acids is 2. The van der Waals surface area contributed by atoms with Crippen LogP contribution in [0, 0.1) is 30.1 Å². The molecule has 1 heterocycles. The van der Waals surface area contributed by atoms with Gasteiger partial charge in [0.25, 0.3) is 5.91 Å². The number of hydrogen-bond acceptors (Lipinski definition) is 6. The molecular formula is C29H43BN2O6. The van der Waals surface area contributed by atoms with E-state index in [9.17, 15) is 14.7 Å². The largest absolute Gasteiger partial charge is 0.484 e. The third-order valence-electron chi connectivity index (χ3n) is 8.81. The molecule has 9 heteroatoms. The van der Waals surface area contributed by atoms with Crippen molar-refractivity contribution in [3.8, 4) is 5.75 Å². The third-order valence-corrected chi connectivity index (χ3v) is 8.81. The van der Waals surface area contributed by atoms with Crippen molar-refractivity contribution in [2.24, 2.45) is 23.2 Å². The van der Waals surface area contributed by atoms with E-state index in [2.05, 4.69) is 44.9 Å². The Bertz CT molecular complexity index is 1030. The second-order valence-corrected chi connectivity index (χ2v) is 12.3. The SMILES string of the molecule is C=C[C@@]12OB([C@H](CC(C)C)NC(=O)[C@@H](NC(=O)COc3ccc(C)cc3)[C@@H](C)O)O[C@@H]1C[C@@H]1C[C@H]2C1(C)C. The van der Waals surface area contributed by atoms with E-state index in [0.29, 0.717) is 24.0 Å². The number of rotatable bonds is 11. The number of benzene rings is 1. The monoisotopic (exact) mass is 526 g/mol. The first kappa shape index (κ1) is 28.6. The van der Waals surface area contributed by atoms with Crippen LogP contribution in [0.1, 0.15) is 59.4 Å². The van der Waals surface area contributed by atoms with Crippen molar-refractivity contribution in [3.05, 3.63) is 42.5 Å². The zero-order valence-corrected chi connectivity index (χ0v) is 23.5. The number of ether oxygens (including phenoxy) is 1. The van der Waals surface area contributed by atoms with Gasteiger partial charge < -0.3 is 29.8 Å². The first-order valence-electron chi connectivity index (χ1n) is 13.8. The number of carbonyl (C=O) groups is 2. The first-order valence-corrected chi connectivity index (χ1v) is 13.8. The molecule has 208 valence electrons. The van der Waals surface area contributed by atoms with Crippen LogP contribution in [-0.4, -0.2) is 60.4 Å². The average Bonchev–Trinajstić information content (AvgIpc) is 3.26. The van der Waals surface area contributed by atoms with Crippen LogP contribution < -0.4 is 15.4 Å². The average molecular weight is 526 g/mol. The molecule has 4 fully saturated rings. The molecule has 2 bridgehead atoms. The molecule has 1 saturated heterocycles. The molecule has 7 atom stereocenters. The van der Waals surface area contributed by atoms with Gasteiger partial charge in [0.05, 0.1) is 23.8 Å². The molecular weight excluding hydrogens is 483 g/mol. The van der Waals surface area contributed by atoms with Crippen LogP contribution in [-0.2, 0) is 18.9 Å². The lowest BCUT2D eigenvalue weighted by Gasteiger charge is -2.64. The van der Waals surface area contributed by atoms with Gasteiger partial charge in [-0.05, 0) is 68.4 Å². The predicted molar refractivity (Wildman–Crippen MR) is 146 cm³/mol. The summed E-state index contributed by atoms with van der Waals surface area (Å²) in [6.45, 7) is 16.0. The first-order chi connectivity index (χ1) is 17.9. The molecule has 3 saturated carbocycles. The lowest BCUT2D eigenvalue weighted by Crippen LogP contribution is -2.66. The van der Waals surface area contributed by atoms with Crippen molar-refractivity contribution in [1.29, 1.82) is 0 Å². The Hall–Kier alpha value is -2.36. The van der Waals surface area contributed by atoms with Crippen molar-refractivity contribution >= 4 is 18.9 Å². The van der Waals surface area contributed by atoms with E-state index in [4.69, 9.17) is 14.0 Å². The lowest BCUT2D eigenvalue weighted by molar-refractivity contribution is -0.186. The quantitative estimate of drug-likeness (QED) is 0.302. The highest BCUT2D eigenvalue weighted by Crippen LogP contribution is 2.66. The predicted octanol–water partition coefficient (Wildman–Crippen LogP) is 3.20. The van der Waals surface area contributed by atoms with Gasteiger partial charge in [-0.25, -0.2) is 0 Å². The van der Waals surface area contributed by atoms with Gasteiger partial charge in [-0.1, -0.05) is 51.5 Å². The minimum atomic E-state index is -1.15. The van der Waals surface area contributed by atoms with Crippen molar-refractivity contribution in [2.75, 3.05) is 6.61 Å². The molecule has 38 heavy (non-hydrogen) atoms. The summed E-state index contributed by atoms with van der Waals surface area (Å²) in [6, 6.07) is 6.18. The maximum absolute atomic E-state index is 13.4. The number of aryl methyl sites for hydroxylation is 1. The van der Waals surface area contributed by atoms with Gasteiger partial charge in [-0.15, -0.1) is 6.58 Å². The molecule has 3 N–H and O–H groups in total. The maximum atomic E-state index is 13.4. The molecule has 4 aliphatic rings. The molecule has 1 aromatic rings. The van der Waals surface area contributed by atoms with E-state index >= 15 is 0 Å². The second-order valence-electron chi connectivity index (χ2n) is 12.3. The smallest absolute Gasteiger partial charge is 0.481 e. The van der Waals surface area contributed by atoms with Crippen molar-refractivity contribution in [1.82, 2.24) is 10.6 Å². The maximum Gasteiger partial charge on any atom is 0.481 e. The Kier molecular flexibility index (Phi) is 8.31. The van der Waals surface area contributed by atoms with Gasteiger partial charge in [-0.3, -0.25) is 9.59 Å². The van der Waals surface area contributed by atoms with Gasteiger partial charge in [0, 0.05) is 0 Å². The second kappa shape index (κ2) is 11.0. The lowest BCUT2D eigenvalue weighted by atomic mass is 9.43. The minimum Gasteiger partial charge on any atom is -0.484 e. The van der Waals surface area contributed by atoms with Crippen LogP contribution in [0.25, 0.3) is 0 Å². The minimum absolute atomic E-state index is 0.0977. The van der Waals surface area contributed by atoms with Gasteiger partial charge in [-0.2, -0.15) is 0 Å². The molecule has 3 aliphatic carbocycles. The molecule has 0 aromatic heterocycles. The standard InChI is InChI=1S/C29H43BN2O6/c1-8-29-22-14-20(28(22,6)7)15-23(29)37-30(38-29)24(13-17(2)3)31-27(35)26(19(5)33)32-25(34)16-36-21-11-9-18(4)10-12-21/h8-12,17,19-20,22-24,26,33H,1,13-16H2,2-7H3,(H,31,35)(H,32,34)/t19-,20+,22+,23-,24+,26+,29+/m1/s1. The van der Waals surface area contributed by atoms with E-state index in [-0.39, 0.29) is 24.0 Å². The molecule has 2 amide bonds. The van der Waals surface area contributed by atoms with E-state index in [1.807, 2.05) is 25.1 Å². The molecule has 5 rings (SSSR count). The fraction of sp³-hybridized carbons (Fsp3) is 0.655.